The van der Waals surface area contributed by atoms with E-state index in [1.165, 1.54) is 13.8 Å². The maximum atomic E-state index is 14.5. The van der Waals surface area contributed by atoms with Gasteiger partial charge in [0.2, 0.25) is 48.9 Å². The summed E-state index contributed by atoms with van der Waals surface area (Å²) in [6.45, 7) is 1.28. The lowest BCUT2D eigenvalue weighted by atomic mass is 9.82. The molecule has 0 bridgehead atoms. The third-order valence-corrected chi connectivity index (χ3v) is 18.4. The smallest absolute Gasteiger partial charge is 0.330 e. The van der Waals surface area contributed by atoms with Crippen molar-refractivity contribution in [3.63, 3.8) is 0 Å². The zero-order chi connectivity index (χ0) is 74.0. The zero-order valence-electron chi connectivity index (χ0n) is 52.7. The van der Waals surface area contributed by atoms with Crippen molar-refractivity contribution in [3.8, 4) is 0 Å². The molecule has 28 nitrogen and oxygen atoms in total. The van der Waals surface area contributed by atoms with E-state index in [2.05, 4.69) is 0 Å². The lowest BCUT2D eigenvalue weighted by Gasteiger charge is -2.32. The van der Waals surface area contributed by atoms with Crippen LogP contribution >= 0.6 is 0 Å². The van der Waals surface area contributed by atoms with Crippen molar-refractivity contribution >= 4 is 35.1 Å². The zero-order valence-corrected chi connectivity index (χ0v) is 52.7. The van der Waals surface area contributed by atoms with Crippen LogP contribution in [0, 0.1) is 23.7 Å². The summed E-state index contributed by atoms with van der Waals surface area (Å²) >= 11 is 0. The molecule has 0 aromatic carbocycles. The minimum Gasteiger partial charge on any atom is -0.394 e. The topological polar surface area (TPSA) is 389 Å². The molecule has 0 unspecified atom stereocenters. The number of alkyl halides is 12. The minimum absolute atomic E-state index is 0.377. The maximum Gasteiger partial charge on any atom is 0.330 e. The molecule has 13 atom stereocenters. The van der Waals surface area contributed by atoms with E-state index >= 15 is 0 Å². The highest BCUT2D eigenvalue weighted by Gasteiger charge is 2.70. The standard InChI is InChI=1S/C14H19F2NO3.C12H14F3NO4.C11H12F3NO5.C11H14F2N2O5.C10H12F2N2O4/c1-4-13(5-2)9(3)14(15,16)12(20-13)17-7-6-10(18)8-11(17)19;1-7-11(5-13,6-17)20-10(12(7,14)15)16-3-2-8(18)4-9(16)19;12-4-10(5-16)8(19)11(13,14)9(20-10)15-2-1-6(17)3-7(15)18;1-6-10(4-16,5-17)20-8(11(6,12)13)15-3-2-7(18)14-9(15)19;1-5-6(4-15)18-8(10(5,11)12)14-3-2-7(16)13-9(14)17/h6-7,9,12H,4-5,8H2,1-3H3;2-3,7,10,17H,4-6H2,1H3;1-2,8-9,16,19H,3-5H2;2-3,6,8,16-17H,4-5H2,1H3,(H,14,18,19);2-3,5-6,8,15H,4H2,1H3,(H,13,16,17)/t9-,12-;7-,10-,11-;8-,9-,10-;6-,8-;5-,6-,8-/m11111/s1. The van der Waals surface area contributed by atoms with Crippen LogP contribution in [0.5, 0.6) is 0 Å². The van der Waals surface area contributed by atoms with Crippen molar-refractivity contribution in [2.45, 2.75) is 169 Å². The van der Waals surface area contributed by atoms with E-state index in [0.29, 0.717) is 31.8 Å². The monoisotopic (exact) mass is 1430 g/mol. The summed E-state index contributed by atoms with van der Waals surface area (Å²) in [5, 5.41) is 55.1. The second-order valence-corrected chi connectivity index (χ2v) is 24.0. The molecule has 3 amide bonds. The molecule has 0 aliphatic carbocycles. The first-order chi connectivity index (χ1) is 45.5. The average molecular weight is 1430 g/mol. The fourth-order valence-corrected chi connectivity index (χ4v) is 11.6. The third-order valence-electron chi connectivity index (χ3n) is 18.4. The number of hydrogen-bond acceptors (Lipinski definition) is 21. The van der Waals surface area contributed by atoms with Gasteiger partial charge in [0, 0.05) is 43.1 Å². The van der Waals surface area contributed by atoms with Crippen molar-refractivity contribution in [2.75, 3.05) is 46.4 Å². The average Bonchev–Trinajstić information content (AvgIpc) is 1.61. The second kappa shape index (κ2) is 29.9. The molecule has 8 aliphatic rings. The molecule has 40 heteroatoms. The molecule has 5 saturated heterocycles. The molecule has 0 radical (unpaired) electrons. The van der Waals surface area contributed by atoms with Gasteiger partial charge >= 0.3 is 17.3 Å². The molecular formula is C58H71F12N7O21. The van der Waals surface area contributed by atoms with Crippen molar-refractivity contribution in [3.05, 3.63) is 103 Å². The van der Waals surface area contributed by atoms with Crippen molar-refractivity contribution in [1.29, 1.82) is 0 Å². The Hall–Kier alpha value is -7.28. The number of aromatic amines is 2. The highest BCUT2D eigenvalue weighted by Crippen LogP contribution is 2.54. The van der Waals surface area contributed by atoms with Crippen molar-refractivity contribution in [1.82, 2.24) is 33.8 Å². The highest BCUT2D eigenvalue weighted by atomic mass is 19.3. The van der Waals surface area contributed by atoms with Crippen LogP contribution in [-0.2, 0) is 52.5 Å². The van der Waals surface area contributed by atoms with Crippen molar-refractivity contribution < 1.29 is 136 Å². The van der Waals surface area contributed by atoms with Crippen LogP contribution in [0.3, 0.4) is 0 Å². The van der Waals surface area contributed by atoms with Crippen LogP contribution < -0.4 is 22.5 Å². The summed E-state index contributed by atoms with van der Waals surface area (Å²) in [6, 6.07) is 1.86. The maximum absolute atomic E-state index is 14.5. The molecule has 2 aromatic rings. The normalized spacial score (nSPS) is 32.8. The summed E-state index contributed by atoms with van der Waals surface area (Å²) in [7, 11) is 0. The number of halogens is 12. The molecule has 548 valence electrons. The van der Waals surface area contributed by atoms with Gasteiger partial charge in [-0.25, -0.2) is 53.5 Å². The number of aliphatic hydroxyl groups excluding tert-OH is 6. The van der Waals surface area contributed by atoms with Gasteiger partial charge in [0.05, 0.1) is 87.7 Å². The number of nitrogens with one attached hydrogen (secondary N) is 2. The lowest BCUT2D eigenvalue weighted by molar-refractivity contribution is -0.179. The Bertz CT molecular complexity index is 3410. The minimum atomic E-state index is -3.99. The predicted molar refractivity (Wildman–Crippen MR) is 304 cm³/mol. The molecule has 5 fully saturated rings. The SMILES string of the molecule is CCC1(CC)O[C@@H](N2C=CC(=O)CC2=O)C(F)(F)[C@@H]1C.C[C@@H]1C(CO)(CO)O[C@@H](n2ccc(=O)[nH]c2=O)C1(F)F.C[C@@H]1[C@@H](CO)O[C@@H](n2ccc(=O)[nH]c2=O)C1(F)F.C[C@H]1C(F)(F)[C@H](N2C=CC(=O)CC2=O)O[C@@]1(CO)CF.O=C1C=CN([C@@H]2O[C@@](CO)(CF)[C@@H](O)C2(F)F)C(=O)C1. The van der Waals surface area contributed by atoms with E-state index < -0.39 is 230 Å². The highest BCUT2D eigenvalue weighted by molar-refractivity contribution is 6.07. The Morgan fingerprint density at radius 1 is 0.459 bits per heavy atom. The van der Waals surface area contributed by atoms with Crippen molar-refractivity contribution in [2.24, 2.45) is 23.7 Å². The predicted octanol–water partition coefficient (Wildman–Crippen LogP) is 1.23. The number of carbonyl (C=O) groups is 6. The first-order valence-corrected chi connectivity index (χ1v) is 29.8. The molecule has 8 N–H and O–H groups in total. The van der Waals surface area contributed by atoms with E-state index in [9.17, 15) is 116 Å². The molecule has 0 spiro atoms. The van der Waals surface area contributed by atoms with E-state index in [0.717, 1.165) is 80.1 Å². The summed E-state index contributed by atoms with van der Waals surface area (Å²) in [5.41, 5.74) is -10.8. The van der Waals surface area contributed by atoms with E-state index in [4.69, 9.17) is 39.0 Å². The summed E-state index contributed by atoms with van der Waals surface area (Å²) in [6.07, 6.45) is -6.41. The molecular weight excluding hydrogens is 1360 g/mol. The van der Waals surface area contributed by atoms with Gasteiger partial charge in [-0.15, -0.1) is 0 Å². The number of ether oxygens (including phenoxy) is 5. The van der Waals surface area contributed by atoms with Gasteiger partial charge in [0.1, 0.15) is 24.6 Å². The molecule has 0 saturated carbocycles. The van der Waals surface area contributed by atoms with Gasteiger partial charge in [-0.05, 0) is 31.1 Å². The molecule has 8 aliphatic heterocycles. The van der Waals surface area contributed by atoms with E-state index in [-0.39, 0.29) is 12.2 Å². The number of ketones is 3. The summed E-state index contributed by atoms with van der Waals surface area (Å²) in [4.78, 5) is 119. The Kier molecular flexibility index (Phi) is 24.3. The number of hydrogen-bond donors (Lipinski definition) is 8. The van der Waals surface area contributed by atoms with Gasteiger partial charge < -0.3 is 54.3 Å². The fraction of sp³-hybridized carbons (Fsp3) is 0.655. The van der Waals surface area contributed by atoms with Crippen LogP contribution in [0.4, 0.5) is 52.7 Å². The third kappa shape index (κ3) is 14.7. The largest absolute Gasteiger partial charge is 0.394 e. The van der Waals surface area contributed by atoms with Crippen LogP contribution in [0.15, 0.2) is 80.5 Å². The van der Waals surface area contributed by atoms with E-state index in [1.54, 1.807) is 13.8 Å². The Morgan fingerprint density at radius 2 is 0.786 bits per heavy atom. The number of rotatable bonds is 14. The van der Waals surface area contributed by atoms with Crippen LogP contribution in [0.1, 0.15) is 86.1 Å². The van der Waals surface area contributed by atoms with Gasteiger partial charge in [-0.2, -0.15) is 8.78 Å². The van der Waals surface area contributed by atoms with Gasteiger partial charge in [-0.3, -0.25) is 72.2 Å². The summed E-state index contributed by atoms with van der Waals surface area (Å²) in [5.74, 6) is -26.7. The Balaban J connectivity index is 0.000000193. The van der Waals surface area contributed by atoms with E-state index in [1.807, 2.05) is 9.97 Å². The first-order valence-electron chi connectivity index (χ1n) is 29.8. The van der Waals surface area contributed by atoms with Gasteiger partial charge in [0.25, 0.3) is 34.8 Å². The molecule has 98 heavy (non-hydrogen) atoms. The number of H-pyrrole nitrogens is 2. The molecule has 10 rings (SSSR count). The first kappa shape index (κ1) is 79.7. The Labute approximate surface area is 545 Å². The number of allylic oxidation sites excluding steroid dienone is 3. The number of amides is 3. The van der Waals surface area contributed by atoms with Crippen LogP contribution in [0.2, 0.25) is 0 Å². The quantitative estimate of drug-likeness (QED) is 0.0974. The van der Waals surface area contributed by atoms with Crippen LogP contribution in [0.25, 0.3) is 0 Å². The molecule has 2 aromatic heterocycles. The summed E-state index contributed by atoms with van der Waals surface area (Å²) < 4.78 is 194. The molecule has 10 heterocycles. The van der Waals surface area contributed by atoms with Gasteiger partial charge in [0.15, 0.2) is 29.1 Å². The number of carbonyl (C=O) groups excluding carboxylic acids is 6. The van der Waals surface area contributed by atoms with Gasteiger partial charge in [-0.1, -0.05) is 41.5 Å². The second-order valence-electron chi connectivity index (χ2n) is 24.0. The fourth-order valence-electron chi connectivity index (χ4n) is 11.6. The van der Waals surface area contributed by atoms with Crippen LogP contribution in [-0.4, -0.2) is 229 Å². The Morgan fingerprint density at radius 3 is 1.08 bits per heavy atom. The number of aromatic nitrogens is 4. The number of aliphatic hydroxyl groups is 6. The number of nitrogens with zero attached hydrogens (tertiary/aromatic N) is 5. The lowest BCUT2D eigenvalue weighted by Crippen LogP contribution is -2.52.